The first-order chi connectivity index (χ1) is 10.3. The molecular formula is C14H21N3O4S. The maximum absolute atomic E-state index is 12.7. The number of hydrogen-bond donors (Lipinski definition) is 2. The van der Waals surface area contributed by atoms with E-state index < -0.39 is 15.9 Å². The summed E-state index contributed by atoms with van der Waals surface area (Å²) in [7, 11) is -2.29. The minimum atomic E-state index is -3.68. The normalized spacial score (nSPS) is 23.2. The van der Waals surface area contributed by atoms with Gasteiger partial charge in [-0.2, -0.15) is 4.31 Å². The number of methoxy groups -OCH3 is 1. The molecule has 2 unspecified atom stereocenters. The lowest BCUT2D eigenvalue weighted by molar-refractivity contribution is 0.0997. The molecule has 1 aromatic carbocycles. The summed E-state index contributed by atoms with van der Waals surface area (Å²) in [6.45, 7) is 2.66. The first-order valence-electron chi connectivity index (χ1n) is 7.01. The van der Waals surface area contributed by atoms with Crippen LogP contribution in [0.25, 0.3) is 0 Å². The highest BCUT2D eigenvalue weighted by Gasteiger charge is 2.32. The zero-order valence-corrected chi connectivity index (χ0v) is 13.5. The second kappa shape index (κ2) is 6.23. The van der Waals surface area contributed by atoms with E-state index in [4.69, 9.17) is 16.2 Å². The zero-order valence-electron chi connectivity index (χ0n) is 12.7. The fourth-order valence-corrected chi connectivity index (χ4v) is 4.12. The molecule has 1 amide bonds. The van der Waals surface area contributed by atoms with Crippen LogP contribution in [0.3, 0.4) is 0 Å². The van der Waals surface area contributed by atoms with Gasteiger partial charge in [-0.1, -0.05) is 6.92 Å². The molecule has 1 aliphatic rings. The molecule has 0 aliphatic carbocycles. The third-order valence-electron chi connectivity index (χ3n) is 4.01. The van der Waals surface area contributed by atoms with Gasteiger partial charge in [0.1, 0.15) is 5.75 Å². The first kappa shape index (κ1) is 16.7. The van der Waals surface area contributed by atoms with Crippen molar-refractivity contribution in [2.45, 2.75) is 24.3 Å². The molecule has 0 saturated carbocycles. The van der Waals surface area contributed by atoms with Crippen LogP contribution in [0.4, 0.5) is 0 Å². The number of piperidine rings is 1. The molecule has 4 N–H and O–H groups in total. The van der Waals surface area contributed by atoms with E-state index in [0.29, 0.717) is 19.5 Å². The maximum atomic E-state index is 12.7. The zero-order chi connectivity index (χ0) is 16.5. The van der Waals surface area contributed by atoms with Crippen molar-refractivity contribution in [1.82, 2.24) is 4.31 Å². The summed E-state index contributed by atoms with van der Waals surface area (Å²) in [6.07, 6.45) is 0.610. The van der Waals surface area contributed by atoms with Gasteiger partial charge >= 0.3 is 0 Å². The van der Waals surface area contributed by atoms with E-state index in [9.17, 15) is 13.2 Å². The van der Waals surface area contributed by atoms with Gasteiger partial charge in [0.25, 0.3) is 5.91 Å². The molecule has 1 heterocycles. The minimum Gasteiger partial charge on any atom is -0.496 e. The van der Waals surface area contributed by atoms with Crippen molar-refractivity contribution >= 4 is 15.9 Å². The Labute approximate surface area is 130 Å². The van der Waals surface area contributed by atoms with Crippen LogP contribution in [-0.4, -0.2) is 44.9 Å². The van der Waals surface area contributed by atoms with Gasteiger partial charge in [-0.25, -0.2) is 8.42 Å². The highest BCUT2D eigenvalue weighted by Crippen LogP contribution is 2.27. The quantitative estimate of drug-likeness (QED) is 0.817. The molecule has 122 valence electrons. The Kier molecular flexibility index (Phi) is 4.74. The van der Waals surface area contributed by atoms with E-state index in [1.54, 1.807) is 0 Å². The highest BCUT2D eigenvalue weighted by molar-refractivity contribution is 7.89. The molecule has 0 bridgehead atoms. The molecule has 2 rings (SSSR count). The van der Waals surface area contributed by atoms with Gasteiger partial charge in [0.2, 0.25) is 10.0 Å². The molecule has 1 fully saturated rings. The Morgan fingerprint density at radius 3 is 2.64 bits per heavy atom. The second-order valence-electron chi connectivity index (χ2n) is 5.52. The number of nitrogens with two attached hydrogens (primary N) is 2. The van der Waals surface area contributed by atoms with Crippen molar-refractivity contribution in [3.63, 3.8) is 0 Å². The van der Waals surface area contributed by atoms with E-state index in [0.717, 1.165) is 0 Å². The molecule has 1 aromatic rings. The summed E-state index contributed by atoms with van der Waals surface area (Å²) >= 11 is 0. The van der Waals surface area contributed by atoms with Crippen molar-refractivity contribution in [3.05, 3.63) is 23.8 Å². The molecule has 0 aromatic heterocycles. The van der Waals surface area contributed by atoms with Gasteiger partial charge in [-0.3, -0.25) is 4.79 Å². The molecule has 1 saturated heterocycles. The highest BCUT2D eigenvalue weighted by atomic mass is 32.2. The SMILES string of the molecule is COc1ccc(S(=O)(=O)N2CCC(N)C(C)C2)cc1C(N)=O. The van der Waals surface area contributed by atoms with Gasteiger partial charge in [0.05, 0.1) is 17.6 Å². The van der Waals surface area contributed by atoms with Crippen LogP contribution in [0, 0.1) is 5.92 Å². The lowest BCUT2D eigenvalue weighted by Crippen LogP contribution is -2.48. The van der Waals surface area contributed by atoms with Crippen LogP contribution in [0.1, 0.15) is 23.7 Å². The number of ether oxygens (including phenoxy) is 1. The van der Waals surface area contributed by atoms with E-state index in [1.165, 1.54) is 29.6 Å². The molecular weight excluding hydrogens is 306 g/mol. The molecule has 0 spiro atoms. The smallest absolute Gasteiger partial charge is 0.252 e. The van der Waals surface area contributed by atoms with Crippen molar-refractivity contribution < 1.29 is 17.9 Å². The standard InChI is InChI=1S/C14H21N3O4S/c1-9-8-17(6-5-12(9)15)22(19,20)10-3-4-13(21-2)11(7-10)14(16)18/h3-4,7,9,12H,5-6,8,15H2,1-2H3,(H2,16,18). The number of sulfonamides is 1. The number of carbonyl (C=O) groups excluding carboxylic acids is 1. The van der Waals surface area contributed by atoms with E-state index in [2.05, 4.69) is 0 Å². The number of carbonyl (C=O) groups is 1. The molecule has 7 nitrogen and oxygen atoms in total. The van der Waals surface area contributed by atoms with Crippen LogP contribution in [0.2, 0.25) is 0 Å². The second-order valence-corrected chi connectivity index (χ2v) is 7.46. The average molecular weight is 327 g/mol. The van der Waals surface area contributed by atoms with Gasteiger partial charge < -0.3 is 16.2 Å². The number of rotatable bonds is 4. The van der Waals surface area contributed by atoms with Crippen molar-refractivity contribution in [2.75, 3.05) is 20.2 Å². The Bertz CT molecular complexity index is 675. The van der Waals surface area contributed by atoms with Crippen molar-refractivity contribution in [1.29, 1.82) is 0 Å². The summed E-state index contributed by atoms with van der Waals surface area (Å²) in [5.41, 5.74) is 11.2. The van der Waals surface area contributed by atoms with Crippen LogP contribution in [-0.2, 0) is 10.0 Å². The third-order valence-corrected chi connectivity index (χ3v) is 5.87. The van der Waals surface area contributed by atoms with Gasteiger partial charge in [0.15, 0.2) is 0 Å². The summed E-state index contributed by atoms with van der Waals surface area (Å²) in [6, 6.07) is 4.12. The summed E-state index contributed by atoms with van der Waals surface area (Å²) < 4.78 is 31.8. The van der Waals surface area contributed by atoms with Crippen molar-refractivity contribution in [3.8, 4) is 5.75 Å². The molecule has 2 atom stereocenters. The fraction of sp³-hybridized carbons (Fsp3) is 0.500. The van der Waals surface area contributed by atoms with Crippen LogP contribution in [0.5, 0.6) is 5.75 Å². The summed E-state index contributed by atoms with van der Waals surface area (Å²) in [5, 5.41) is 0. The van der Waals surface area contributed by atoms with Crippen LogP contribution >= 0.6 is 0 Å². The van der Waals surface area contributed by atoms with Crippen LogP contribution < -0.4 is 16.2 Å². The Hall–Kier alpha value is -1.64. The number of benzene rings is 1. The van der Waals surface area contributed by atoms with Crippen LogP contribution in [0.15, 0.2) is 23.1 Å². The topological polar surface area (TPSA) is 116 Å². The largest absolute Gasteiger partial charge is 0.496 e. The monoisotopic (exact) mass is 327 g/mol. The minimum absolute atomic E-state index is 0.00324. The molecule has 1 aliphatic heterocycles. The molecule has 0 radical (unpaired) electrons. The Balaban J connectivity index is 2.38. The number of nitrogens with zero attached hydrogens (tertiary/aromatic N) is 1. The van der Waals surface area contributed by atoms with Gasteiger partial charge in [0, 0.05) is 19.1 Å². The predicted octanol–water partition coefficient (Wildman–Crippen LogP) is 0.152. The van der Waals surface area contributed by atoms with Gasteiger partial charge in [-0.15, -0.1) is 0 Å². The van der Waals surface area contributed by atoms with Crippen molar-refractivity contribution in [2.24, 2.45) is 17.4 Å². The lowest BCUT2D eigenvalue weighted by Gasteiger charge is -2.34. The van der Waals surface area contributed by atoms with Gasteiger partial charge in [-0.05, 0) is 30.5 Å². The third kappa shape index (κ3) is 3.08. The number of hydrogen-bond acceptors (Lipinski definition) is 5. The number of amides is 1. The summed E-state index contributed by atoms with van der Waals surface area (Å²) in [4.78, 5) is 11.5. The Morgan fingerprint density at radius 1 is 1.41 bits per heavy atom. The van der Waals surface area contributed by atoms with E-state index in [-0.39, 0.29) is 28.2 Å². The first-order valence-corrected chi connectivity index (χ1v) is 8.45. The van der Waals surface area contributed by atoms with E-state index >= 15 is 0 Å². The molecule has 8 heteroatoms. The lowest BCUT2D eigenvalue weighted by atomic mass is 9.96. The Morgan fingerprint density at radius 2 is 2.09 bits per heavy atom. The number of primary amides is 1. The summed E-state index contributed by atoms with van der Waals surface area (Å²) in [5.74, 6) is -0.402. The average Bonchev–Trinajstić information content (AvgIpc) is 2.49. The maximum Gasteiger partial charge on any atom is 0.252 e. The predicted molar refractivity (Wildman–Crippen MR) is 82.0 cm³/mol. The van der Waals surface area contributed by atoms with E-state index in [1.807, 2.05) is 6.92 Å². The fourth-order valence-electron chi connectivity index (χ4n) is 2.53. The molecule has 22 heavy (non-hydrogen) atoms.